The minimum atomic E-state index is 0.695. The van der Waals surface area contributed by atoms with Crippen LogP contribution in [-0.2, 0) is 13.0 Å². The number of hydrogen-bond donors (Lipinski definition) is 3. The Labute approximate surface area is 145 Å². The topological polar surface area (TPSA) is 78.0 Å². The summed E-state index contributed by atoms with van der Waals surface area (Å²) < 4.78 is 0. The van der Waals surface area contributed by atoms with Gasteiger partial charge in [0.25, 0.3) is 0 Å². The summed E-state index contributed by atoms with van der Waals surface area (Å²) >= 11 is 1.78. The van der Waals surface area contributed by atoms with E-state index < -0.39 is 0 Å². The summed E-state index contributed by atoms with van der Waals surface area (Å²) in [6, 6.07) is 12.4. The fourth-order valence-corrected chi connectivity index (χ4v) is 3.05. The third-order valence-electron chi connectivity index (χ3n) is 3.54. The molecule has 0 bridgehead atoms. The molecule has 2 heterocycles. The highest BCUT2D eigenvalue weighted by molar-refractivity contribution is 7.09. The predicted octanol–water partition coefficient (Wildman–Crippen LogP) is 2.44. The summed E-state index contributed by atoms with van der Waals surface area (Å²) in [7, 11) is 1.78. The van der Waals surface area contributed by atoms with E-state index in [0.717, 1.165) is 35.9 Å². The molecule has 0 amide bonds. The number of guanidine groups is 1. The average molecular weight is 340 g/mol. The van der Waals surface area contributed by atoms with E-state index in [1.165, 1.54) is 11.2 Å². The van der Waals surface area contributed by atoms with Crippen molar-refractivity contribution in [2.24, 2.45) is 4.99 Å². The highest BCUT2D eigenvalue weighted by atomic mass is 32.1. The van der Waals surface area contributed by atoms with Crippen molar-refractivity contribution >= 4 is 17.3 Å². The maximum Gasteiger partial charge on any atom is 0.191 e. The van der Waals surface area contributed by atoms with E-state index in [0.29, 0.717) is 6.54 Å². The van der Waals surface area contributed by atoms with Crippen molar-refractivity contribution in [2.45, 2.75) is 13.0 Å². The van der Waals surface area contributed by atoms with Crippen LogP contribution in [0.3, 0.4) is 0 Å². The third kappa shape index (κ3) is 4.42. The quantitative estimate of drug-likeness (QED) is 0.476. The minimum absolute atomic E-state index is 0.695. The average Bonchev–Trinajstić information content (AvgIpc) is 3.31. The van der Waals surface area contributed by atoms with Crippen LogP contribution in [0.4, 0.5) is 0 Å². The molecule has 0 fully saturated rings. The van der Waals surface area contributed by atoms with Gasteiger partial charge < -0.3 is 10.6 Å². The molecule has 0 radical (unpaired) electrons. The molecule has 7 heteroatoms. The fraction of sp³-hybridized carbons (Fsp3) is 0.235. The predicted molar refractivity (Wildman–Crippen MR) is 98.0 cm³/mol. The molecule has 0 aliphatic rings. The van der Waals surface area contributed by atoms with Crippen LogP contribution in [-0.4, -0.2) is 34.7 Å². The molecule has 0 saturated heterocycles. The molecule has 0 aliphatic carbocycles. The number of aromatic nitrogens is 3. The Kier molecular flexibility index (Phi) is 5.57. The summed E-state index contributed by atoms with van der Waals surface area (Å²) in [5.74, 6) is 1.58. The van der Waals surface area contributed by atoms with Crippen LogP contribution in [0.1, 0.15) is 10.4 Å². The molecule has 3 rings (SSSR count). The van der Waals surface area contributed by atoms with Gasteiger partial charge in [-0.1, -0.05) is 24.3 Å². The maximum absolute atomic E-state index is 4.26. The Hall–Kier alpha value is -2.67. The lowest BCUT2D eigenvalue weighted by Gasteiger charge is -2.12. The fourth-order valence-electron chi connectivity index (χ4n) is 2.34. The van der Waals surface area contributed by atoms with Gasteiger partial charge in [-0.2, -0.15) is 5.10 Å². The van der Waals surface area contributed by atoms with Gasteiger partial charge in [-0.3, -0.25) is 10.1 Å². The Bertz CT molecular complexity index is 764. The normalized spacial score (nSPS) is 11.5. The number of benzene rings is 1. The first-order chi connectivity index (χ1) is 11.8. The molecule has 0 atom stereocenters. The first-order valence-corrected chi connectivity index (χ1v) is 8.64. The lowest BCUT2D eigenvalue weighted by molar-refractivity contribution is 0.799. The Balaban J connectivity index is 1.51. The van der Waals surface area contributed by atoms with E-state index in [2.05, 4.69) is 60.5 Å². The molecule has 24 heavy (non-hydrogen) atoms. The lowest BCUT2D eigenvalue weighted by atomic mass is 10.1. The van der Waals surface area contributed by atoms with Gasteiger partial charge in [0.2, 0.25) is 0 Å². The Morgan fingerprint density at radius 1 is 1.25 bits per heavy atom. The minimum Gasteiger partial charge on any atom is -0.356 e. The molecule has 1 aromatic carbocycles. The van der Waals surface area contributed by atoms with E-state index in [4.69, 9.17) is 0 Å². The third-order valence-corrected chi connectivity index (χ3v) is 4.48. The molecule has 0 aliphatic heterocycles. The van der Waals surface area contributed by atoms with E-state index in [9.17, 15) is 0 Å². The molecule has 3 N–H and O–H groups in total. The number of aromatic amines is 1. The number of thiophene rings is 1. The Morgan fingerprint density at radius 2 is 2.21 bits per heavy atom. The zero-order chi connectivity index (χ0) is 16.6. The Morgan fingerprint density at radius 3 is 2.96 bits per heavy atom. The molecule has 0 spiro atoms. The van der Waals surface area contributed by atoms with Crippen LogP contribution >= 0.6 is 11.3 Å². The van der Waals surface area contributed by atoms with Crippen molar-refractivity contribution in [1.82, 2.24) is 25.8 Å². The van der Waals surface area contributed by atoms with Crippen LogP contribution < -0.4 is 10.6 Å². The molecule has 6 nitrogen and oxygen atoms in total. The van der Waals surface area contributed by atoms with Crippen LogP contribution in [0.25, 0.3) is 11.4 Å². The highest BCUT2D eigenvalue weighted by Crippen LogP contribution is 2.15. The standard InChI is InChI=1S/C17H20N6S/c1-18-17(19-8-7-15-6-3-9-24-15)20-11-13-4-2-5-14(10-13)16-21-12-22-23-16/h2-6,9-10,12H,7-8,11H2,1H3,(H2,18,19,20)(H,21,22,23). The van der Waals surface area contributed by atoms with E-state index >= 15 is 0 Å². The van der Waals surface area contributed by atoms with Crippen molar-refractivity contribution in [3.63, 3.8) is 0 Å². The van der Waals surface area contributed by atoms with E-state index in [-0.39, 0.29) is 0 Å². The molecule has 0 saturated carbocycles. The number of aliphatic imine (C=N–C) groups is 1. The second-order valence-corrected chi connectivity index (χ2v) is 6.25. The summed E-state index contributed by atoms with van der Waals surface area (Å²) in [5, 5.41) is 15.5. The van der Waals surface area contributed by atoms with Gasteiger partial charge in [0.05, 0.1) is 0 Å². The van der Waals surface area contributed by atoms with Crippen molar-refractivity contribution in [2.75, 3.05) is 13.6 Å². The van der Waals surface area contributed by atoms with Crippen LogP contribution in [0.5, 0.6) is 0 Å². The molecular formula is C17H20N6S. The molecular weight excluding hydrogens is 320 g/mol. The summed E-state index contributed by atoms with van der Waals surface area (Å²) in [5.41, 5.74) is 2.18. The second kappa shape index (κ2) is 8.26. The first kappa shape index (κ1) is 16.2. The van der Waals surface area contributed by atoms with Gasteiger partial charge in [-0.05, 0) is 29.5 Å². The van der Waals surface area contributed by atoms with Crippen molar-refractivity contribution in [3.05, 3.63) is 58.5 Å². The van der Waals surface area contributed by atoms with E-state index in [1.54, 1.807) is 18.4 Å². The molecule has 3 aromatic rings. The molecule has 0 unspecified atom stereocenters. The van der Waals surface area contributed by atoms with Gasteiger partial charge in [-0.15, -0.1) is 11.3 Å². The monoisotopic (exact) mass is 340 g/mol. The van der Waals surface area contributed by atoms with Crippen LogP contribution in [0.15, 0.2) is 53.1 Å². The number of nitrogens with one attached hydrogen (secondary N) is 3. The number of hydrogen-bond acceptors (Lipinski definition) is 4. The van der Waals surface area contributed by atoms with E-state index in [1.807, 2.05) is 12.1 Å². The smallest absolute Gasteiger partial charge is 0.191 e. The second-order valence-electron chi connectivity index (χ2n) is 5.22. The van der Waals surface area contributed by atoms with Crippen molar-refractivity contribution in [3.8, 4) is 11.4 Å². The molecule has 2 aromatic heterocycles. The van der Waals surface area contributed by atoms with Gasteiger partial charge in [-0.25, -0.2) is 4.98 Å². The van der Waals surface area contributed by atoms with Crippen molar-refractivity contribution in [1.29, 1.82) is 0 Å². The number of rotatable bonds is 6. The van der Waals surface area contributed by atoms with Crippen molar-refractivity contribution < 1.29 is 0 Å². The lowest BCUT2D eigenvalue weighted by Crippen LogP contribution is -2.37. The SMILES string of the molecule is CN=C(NCCc1cccs1)NCc1cccc(-c2ncn[nH]2)c1. The highest BCUT2D eigenvalue weighted by Gasteiger charge is 2.03. The molecule has 124 valence electrons. The zero-order valence-electron chi connectivity index (χ0n) is 13.5. The van der Waals surface area contributed by atoms with Gasteiger partial charge in [0.15, 0.2) is 11.8 Å². The van der Waals surface area contributed by atoms with Gasteiger partial charge >= 0.3 is 0 Å². The van der Waals surface area contributed by atoms with Gasteiger partial charge in [0, 0.05) is 30.6 Å². The van der Waals surface area contributed by atoms with Crippen LogP contribution in [0, 0.1) is 0 Å². The zero-order valence-corrected chi connectivity index (χ0v) is 14.3. The first-order valence-electron chi connectivity index (χ1n) is 7.77. The van der Waals surface area contributed by atoms with Gasteiger partial charge in [0.1, 0.15) is 6.33 Å². The largest absolute Gasteiger partial charge is 0.356 e. The number of H-pyrrole nitrogens is 1. The van der Waals surface area contributed by atoms with Crippen LogP contribution in [0.2, 0.25) is 0 Å². The summed E-state index contributed by atoms with van der Waals surface area (Å²) in [4.78, 5) is 9.82. The maximum atomic E-state index is 4.26. The summed E-state index contributed by atoms with van der Waals surface area (Å²) in [6.45, 7) is 1.55. The number of nitrogens with zero attached hydrogens (tertiary/aromatic N) is 3. The summed E-state index contributed by atoms with van der Waals surface area (Å²) in [6.07, 6.45) is 2.51.